The van der Waals surface area contributed by atoms with Gasteiger partial charge in [0.2, 0.25) is 5.91 Å². The fourth-order valence-corrected chi connectivity index (χ4v) is 1.63. The Morgan fingerprint density at radius 3 is 2.68 bits per heavy atom. The molecular weight excluding hydrogens is 246 g/mol. The highest BCUT2D eigenvalue weighted by molar-refractivity contribution is 6.01. The highest BCUT2D eigenvalue weighted by Crippen LogP contribution is 2.08. The monoisotopic (exact) mass is 259 g/mol. The number of nitrogens with zero attached hydrogens (tertiary/aromatic N) is 2. The lowest BCUT2D eigenvalue weighted by Gasteiger charge is -2.01. The normalized spacial score (nSPS) is 10.1. The summed E-state index contributed by atoms with van der Waals surface area (Å²) in [5, 5.41) is 15.1. The van der Waals surface area contributed by atoms with Gasteiger partial charge in [-0.15, -0.1) is 0 Å². The molecule has 2 rings (SSSR count). The Hall–Kier alpha value is -2.63. The van der Waals surface area contributed by atoms with Crippen LogP contribution in [0.4, 0.5) is 5.69 Å². The second-order valence-corrected chi connectivity index (χ2v) is 4.03. The van der Waals surface area contributed by atoms with Crippen LogP contribution in [-0.2, 0) is 16.1 Å². The van der Waals surface area contributed by atoms with Crippen LogP contribution in [-0.4, -0.2) is 26.8 Å². The summed E-state index contributed by atoms with van der Waals surface area (Å²) < 4.78 is 1.67. The van der Waals surface area contributed by atoms with E-state index in [4.69, 9.17) is 5.11 Å². The summed E-state index contributed by atoms with van der Waals surface area (Å²) in [4.78, 5) is 21.6. The molecule has 0 radical (unpaired) electrons. The van der Waals surface area contributed by atoms with E-state index in [-0.39, 0.29) is 0 Å². The molecule has 1 amide bonds. The maximum atomic E-state index is 11.3. The summed E-state index contributed by atoms with van der Waals surface area (Å²) in [6, 6.07) is 9.77. The van der Waals surface area contributed by atoms with Crippen molar-refractivity contribution in [1.29, 1.82) is 0 Å². The Labute approximate surface area is 109 Å². The lowest BCUT2D eigenvalue weighted by molar-refractivity contribution is -0.139. The maximum absolute atomic E-state index is 11.3. The number of carboxylic acids is 1. The van der Waals surface area contributed by atoms with Crippen molar-refractivity contribution in [2.24, 2.45) is 0 Å². The number of rotatable bonds is 5. The number of aliphatic carboxylic acids is 1. The lowest BCUT2D eigenvalue weighted by Crippen LogP contribution is -2.15. The third-order valence-electron chi connectivity index (χ3n) is 2.42. The summed E-state index contributed by atoms with van der Waals surface area (Å²) in [7, 11) is 0. The average Bonchev–Trinajstić information content (AvgIpc) is 2.76. The average molecular weight is 259 g/mol. The van der Waals surface area contributed by atoms with Crippen LogP contribution in [0, 0.1) is 0 Å². The predicted molar refractivity (Wildman–Crippen MR) is 68.7 cm³/mol. The molecule has 6 heteroatoms. The number of carbonyl (C=O) groups excluding carboxylic acids is 1. The van der Waals surface area contributed by atoms with Crippen LogP contribution < -0.4 is 5.32 Å². The van der Waals surface area contributed by atoms with Gasteiger partial charge in [-0.3, -0.25) is 14.3 Å². The van der Waals surface area contributed by atoms with Crippen molar-refractivity contribution < 1.29 is 14.7 Å². The zero-order valence-electron chi connectivity index (χ0n) is 10.1. The van der Waals surface area contributed by atoms with Crippen LogP contribution in [0.2, 0.25) is 0 Å². The molecule has 19 heavy (non-hydrogen) atoms. The Kier molecular flexibility index (Phi) is 3.92. The van der Waals surface area contributed by atoms with Gasteiger partial charge in [0.25, 0.3) is 0 Å². The van der Waals surface area contributed by atoms with Gasteiger partial charge in [0.15, 0.2) is 0 Å². The van der Waals surface area contributed by atoms with Gasteiger partial charge in [-0.05, 0) is 5.56 Å². The van der Waals surface area contributed by atoms with E-state index >= 15 is 0 Å². The summed E-state index contributed by atoms with van der Waals surface area (Å²) in [6.07, 6.45) is 2.60. The molecule has 0 atom stereocenters. The molecule has 6 nitrogen and oxygen atoms in total. The summed E-state index contributed by atoms with van der Waals surface area (Å²) >= 11 is 0. The van der Waals surface area contributed by atoms with E-state index in [9.17, 15) is 9.59 Å². The fourth-order valence-electron chi connectivity index (χ4n) is 1.63. The molecule has 0 unspecified atom stereocenters. The Bertz CT molecular complexity index is 578. The van der Waals surface area contributed by atoms with Gasteiger partial charge in [0.1, 0.15) is 6.42 Å². The molecule has 1 heterocycles. The smallest absolute Gasteiger partial charge is 0.312 e. The summed E-state index contributed by atoms with van der Waals surface area (Å²) in [6.45, 7) is 0.593. The lowest BCUT2D eigenvalue weighted by atomic mass is 10.2. The number of hydrogen-bond acceptors (Lipinski definition) is 3. The molecule has 0 saturated carbocycles. The predicted octanol–water partition coefficient (Wildman–Crippen LogP) is 1.34. The van der Waals surface area contributed by atoms with Gasteiger partial charge in [-0.1, -0.05) is 30.3 Å². The number of carbonyl (C=O) groups is 2. The molecule has 0 aliphatic rings. The van der Waals surface area contributed by atoms with Crippen molar-refractivity contribution in [1.82, 2.24) is 9.78 Å². The molecule has 0 aliphatic heterocycles. The van der Waals surface area contributed by atoms with Crippen molar-refractivity contribution in [3.05, 3.63) is 48.3 Å². The molecule has 0 fully saturated rings. The van der Waals surface area contributed by atoms with Crippen LogP contribution in [0.25, 0.3) is 0 Å². The SMILES string of the molecule is O=C(O)CC(=O)Nc1cnn(Cc2ccccc2)c1. The Morgan fingerprint density at radius 1 is 1.26 bits per heavy atom. The Morgan fingerprint density at radius 2 is 2.00 bits per heavy atom. The largest absolute Gasteiger partial charge is 0.481 e. The van der Waals surface area contributed by atoms with Crippen molar-refractivity contribution in [2.45, 2.75) is 13.0 Å². The number of amides is 1. The van der Waals surface area contributed by atoms with E-state index in [1.54, 1.807) is 10.9 Å². The van der Waals surface area contributed by atoms with Crippen LogP contribution in [0.15, 0.2) is 42.7 Å². The van der Waals surface area contributed by atoms with Gasteiger partial charge in [0, 0.05) is 6.20 Å². The number of benzene rings is 1. The quantitative estimate of drug-likeness (QED) is 0.794. The van der Waals surface area contributed by atoms with E-state index in [0.717, 1.165) is 5.56 Å². The van der Waals surface area contributed by atoms with Gasteiger partial charge in [0.05, 0.1) is 18.4 Å². The van der Waals surface area contributed by atoms with Crippen LogP contribution >= 0.6 is 0 Å². The number of anilines is 1. The first-order chi connectivity index (χ1) is 9.13. The number of aromatic nitrogens is 2. The van der Waals surface area contributed by atoms with Gasteiger partial charge in [-0.2, -0.15) is 5.10 Å². The molecule has 0 aliphatic carbocycles. The van der Waals surface area contributed by atoms with Gasteiger partial charge >= 0.3 is 5.97 Å². The maximum Gasteiger partial charge on any atom is 0.312 e. The van der Waals surface area contributed by atoms with Crippen molar-refractivity contribution in [3.63, 3.8) is 0 Å². The van der Waals surface area contributed by atoms with E-state index in [1.165, 1.54) is 6.20 Å². The minimum atomic E-state index is -1.16. The zero-order chi connectivity index (χ0) is 13.7. The first kappa shape index (κ1) is 12.8. The molecule has 1 aromatic heterocycles. The Balaban J connectivity index is 1.96. The number of nitrogens with one attached hydrogen (secondary N) is 1. The molecule has 0 saturated heterocycles. The third kappa shape index (κ3) is 3.95. The first-order valence-electron chi connectivity index (χ1n) is 5.71. The highest BCUT2D eigenvalue weighted by atomic mass is 16.4. The van der Waals surface area contributed by atoms with Crippen molar-refractivity contribution >= 4 is 17.6 Å². The molecule has 0 spiro atoms. The van der Waals surface area contributed by atoms with Crippen LogP contribution in [0.5, 0.6) is 0 Å². The van der Waals surface area contributed by atoms with Crippen LogP contribution in [0.1, 0.15) is 12.0 Å². The molecule has 98 valence electrons. The summed E-state index contributed by atoms with van der Waals surface area (Å²) in [5.74, 6) is -1.72. The molecule has 2 aromatic rings. The number of hydrogen-bond donors (Lipinski definition) is 2. The van der Waals surface area contributed by atoms with Crippen molar-refractivity contribution in [3.8, 4) is 0 Å². The minimum absolute atomic E-state index is 0.488. The van der Waals surface area contributed by atoms with Crippen LogP contribution in [0.3, 0.4) is 0 Å². The van der Waals surface area contributed by atoms with E-state index in [0.29, 0.717) is 12.2 Å². The molecular formula is C13H13N3O3. The van der Waals surface area contributed by atoms with E-state index in [1.807, 2.05) is 30.3 Å². The van der Waals surface area contributed by atoms with Crippen molar-refractivity contribution in [2.75, 3.05) is 5.32 Å². The number of carboxylic acid groups (broad SMARTS) is 1. The van der Waals surface area contributed by atoms with Gasteiger partial charge < -0.3 is 10.4 Å². The minimum Gasteiger partial charge on any atom is -0.481 e. The second-order valence-electron chi connectivity index (χ2n) is 4.03. The highest BCUT2D eigenvalue weighted by Gasteiger charge is 2.08. The molecule has 1 aromatic carbocycles. The molecule has 2 N–H and O–H groups in total. The van der Waals surface area contributed by atoms with E-state index in [2.05, 4.69) is 10.4 Å². The van der Waals surface area contributed by atoms with Gasteiger partial charge in [-0.25, -0.2) is 0 Å². The fraction of sp³-hybridized carbons (Fsp3) is 0.154. The topological polar surface area (TPSA) is 84.2 Å². The van der Waals surface area contributed by atoms with E-state index < -0.39 is 18.3 Å². The third-order valence-corrected chi connectivity index (χ3v) is 2.42. The standard InChI is InChI=1S/C13H13N3O3/c17-12(6-13(18)19)15-11-7-14-16(9-11)8-10-4-2-1-3-5-10/h1-5,7,9H,6,8H2,(H,15,17)(H,18,19). The zero-order valence-corrected chi connectivity index (χ0v) is 10.1. The summed E-state index contributed by atoms with van der Waals surface area (Å²) in [5.41, 5.74) is 1.58. The second kappa shape index (κ2) is 5.81. The first-order valence-corrected chi connectivity index (χ1v) is 5.71. The molecule has 0 bridgehead atoms.